The van der Waals surface area contributed by atoms with Crippen LogP contribution in [-0.4, -0.2) is 47.6 Å². The van der Waals surface area contributed by atoms with E-state index >= 15 is 0 Å². The minimum Gasteiger partial charge on any atom is -0.872 e. The summed E-state index contributed by atoms with van der Waals surface area (Å²) < 4.78 is 0. The van der Waals surface area contributed by atoms with E-state index in [0.717, 1.165) is 43.6 Å². The van der Waals surface area contributed by atoms with Gasteiger partial charge < -0.3 is 36.9 Å². The van der Waals surface area contributed by atoms with Crippen LogP contribution in [0.15, 0.2) is 158 Å². The van der Waals surface area contributed by atoms with Gasteiger partial charge >= 0.3 is 39.2 Å². The van der Waals surface area contributed by atoms with Gasteiger partial charge in [0.05, 0.1) is 33.2 Å². The molecule has 0 unspecified atom stereocenters. The third-order valence-corrected chi connectivity index (χ3v) is 9.71. The third kappa shape index (κ3) is 9.35. The van der Waals surface area contributed by atoms with Crippen LogP contribution in [0.3, 0.4) is 0 Å². The van der Waals surface area contributed by atoms with E-state index in [-0.39, 0.29) is 72.4 Å². The molecule has 0 bridgehead atoms. The zero-order valence-corrected chi connectivity index (χ0v) is 36.4. The van der Waals surface area contributed by atoms with Crippen LogP contribution >= 0.6 is 0 Å². The number of hydrogen-bond acceptors (Lipinski definition) is 8. The van der Waals surface area contributed by atoms with Crippen LogP contribution < -0.4 is 10.2 Å². The summed E-state index contributed by atoms with van der Waals surface area (Å²) >= 11 is 0. The van der Waals surface area contributed by atoms with E-state index in [1.54, 1.807) is 73.3 Å². The Morgan fingerprint density at radius 2 is 0.721 bits per heavy atom. The van der Waals surface area contributed by atoms with Crippen molar-refractivity contribution in [2.24, 2.45) is 0 Å². The molecule has 61 heavy (non-hydrogen) atoms. The second-order valence-corrected chi connectivity index (χ2v) is 13.1. The zero-order valence-electron chi connectivity index (χ0n) is 32.4. The van der Waals surface area contributed by atoms with Crippen molar-refractivity contribution in [1.29, 1.82) is 0 Å². The van der Waals surface area contributed by atoms with Crippen LogP contribution in [0.1, 0.15) is 31.8 Å². The number of carboxylic acids is 2. The molecule has 0 amide bonds. The monoisotopic (exact) mass is 916 g/mol. The predicted molar refractivity (Wildman–Crippen MR) is 231 cm³/mol. The number of nitrogens with zero attached hydrogens (tertiary/aromatic N) is 4. The fraction of sp³-hybridized carbons (Fsp3) is 0.0213. The summed E-state index contributed by atoms with van der Waals surface area (Å²) in [5, 5.41) is 51.4. The molecule has 14 heteroatoms. The Morgan fingerprint density at radius 3 is 1.02 bits per heavy atom. The van der Waals surface area contributed by atoms with Gasteiger partial charge in [-0.3, -0.25) is 19.9 Å². The largest absolute Gasteiger partial charge is 2.00 e. The third-order valence-electron chi connectivity index (χ3n) is 9.71. The van der Waals surface area contributed by atoms with Gasteiger partial charge in [0.15, 0.2) is 0 Å². The number of aromatic carboxylic acids is 2. The van der Waals surface area contributed by atoms with E-state index in [1.165, 1.54) is 12.1 Å². The van der Waals surface area contributed by atoms with Gasteiger partial charge in [-0.05, 0) is 75.5 Å². The van der Waals surface area contributed by atoms with Crippen LogP contribution in [0.4, 0.5) is 0 Å². The van der Waals surface area contributed by atoms with E-state index in [9.17, 15) is 30.0 Å². The minimum absolute atomic E-state index is 0. The Morgan fingerprint density at radius 1 is 0.443 bits per heavy atom. The fourth-order valence-electron chi connectivity index (χ4n) is 7.01. The van der Waals surface area contributed by atoms with Crippen molar-refractivity contribution < 1.29 is 73.7 Å². The maximum Gasteiger partial charge on any atom is 2.00 e. The summed E-state index contributed by atoms with van der Waals surface area (Å²) in [6.07, 6.45) is 7.04. The smallest absolute Gasteiger partial charge is 0.872 e. The Bertz CT molecular complexity index is 2860. The Labute approximate surface area is 367 Å². The van der Waals surface area contributed by atoms with Gasteiger partial charge in [0.2, 0.25) is 0 Å². The quantitative estimate of drug-likeness (QED) is 0.118. The first kappa shape index (κ1) is 46.5. The van der Waals surface area contributed by atoms with Crippen LogP contribution in [0.25, 0.3) is 65.2 Å². The first-order valence-electron chi connectivity index (χ1n) is 17.9. The second kappa shape index (κ2) is 20.2. The summed E-state index contributed by atoms with van der Waals surface area (Å²) in [6, 6.07) is 40.5. The molecule has 10 aromatic rings. The van der Waals surface area contributed by atoms with E-state index in [2.05, 4.69) is 68.5 Å². The summed E-state index contributed by atoms with van der Waals surface area (Å²) in [7, 11) is 0. The second-order valence-electron chi connectivity index (χ2n) is 13.1. The summed E-state index contributed by atoms with van der Waals surface area (Å²) in [6.45, 7) is 0. The molecule has 300 valence electrons. The van der Waals surface area contributed by atoms with Gasteiger partial charge in [0, 0.05) is 46.3 Å². The number of aromatic nitrogens is 4. The Kier molecular flexibility index (Phi) is 15.4. The number of hydrogen-bond donors (Lipinski definition) is 2. The average Bonchev–Trinajstić information content (AvgIpc) is 3.25. The van der Waals surface area contributed by atoms with Gasteiger partial charge in [0.1, 0.15) is 0 Å². The molecule has 4 aromatic heterocycles. The molecule has 0 atom stereocenters. The van der Waals surface area contributed by atoms with Gasteiger partial charge in [-0.15, -0.1) is 0 Å². The number of carboxylic acid groups (broad SMARTS) is 2. The molecule has 13 nitrogen and oxygen atoms in total. The van der Waals surface area contributed by atoms with Crippen molar-refractivity contribution in [2.45, 2.75) is 6.42 Å². The van der Waals surface area contributed by atoms with Crippen LogP contribution in [0.2, 0.25) is 0 Å². The molecule has 4 heterocycles. The van der Waals surface area contributed by atoms with Crippen molar-refractivity contribution in [1.82, 2.24) is 19.9 Å². The SMILES string of the molecule is O.O=C(O)c1cc2ccccc2c(Cc2c([O-])c(C(=O)O)cc3ccccc23)c1[O-].[Cd+2].[OH3+].[OH3+].c1cnc2c(c1)ccc1cccnc12.c1cnc2c(c1)ccc1cccnc12. The van der Waals surface area contributed by atoms with Crippen LogP contribution in [-0.2, 0) is 44.7 Å². The molecule has 0 fully saturated rings. The van der Waals surface area contributed by atoms with E-state index in [4.69, 9.17) is 0 Å². The molecular formula is C47H38CdN4O9+2. The molecular weight excluding hydrogens is 877 g/mol. The van der Waals surface area contributed by atoms with Crippen LogP contribution in [0, 0.1) is 0 Å². The van der Waals surface area contributed by atoms with Crippen molar-refractivity contribution >= 4 is 77.1 Å². The van der Waals surface area contributed by atoms with Crippen molar-refractivity contribution in [2.75, 3.05) is 0 Å². The first-order chi connectivity index (χ1) is 27.8. The zero-order chi connectivity index (χ0) is 39.5. The van der Waals surface area contributed by atoms with Gasteiger partial charge in [-0.1, -0.05) is 109 Å². The van der Waals surface area contributed by atoms with Gasteiger partial charge in [0.25, 0.3) is 0 Å². The molecule has 10 rings (SSSR count). The number of pyridine rings is 4. The van der Waals surface area contributed by atoms with Gasteiger partial charge in [-0.2, -0.15) is 0 Å². The van der Waals surface area contributed by atoms with Gasteiger partial charge in [-0.25, -0.2) is 9.59 Å². The molecule has 0 spiro atoms. The standard InChI is InChI=1S/C23H16O6.2C12H8N2.Cd.3H2O/c24-20-16(14-7-3-1-5-12(14)9-18(20)22(26)27)11-17-15-8-4-2-6-13(15)10-19(21(17)25)23(28)29;2*1-3-9-5-6-10-4-2-8-14-12(10)11(9)13-7-1;;;;/h1-10,24-25H,11H2,(H,26,27)(H,28,29);2*1-8H;;3*1H2/q;;;+2;;;. The Hall–Kier alpha value is -7.18. The Balaban J connectivity index is 0.000000215. The average molecular weight is 915 g/mol. The van der Waals surface area contributed by atoms with Crippen LogP contribution in [0.5, 0.6) is 11.5 Å². The maximum absolute atomic E-state index is 12.9. The molecule has 0 aliphatic carbocycles. The van der Waals surface area contributed by atoms with Crippen molar-refractivity contribution in [3.8, 4) is 11.5 Å². The predicted octanol–water partition coefficient (Wildman–Crippen LogP) is 6.02. The number of benzene rings is 6. The molecule has 0 saturated heterocycles. The van der Waals surface area contributed by atoms with E-state index in [1.807, 2.05) is 24.3 Å². The summed E-state index contributed by atoms with van der Waals surface area (Å²) in [5.74, 6) is -4.07. The minimum atomic E-state index is -1.35. The summed E-state index contributed by atoms with van der Waals surface area (Å²) in [5.41, 5.74) is 3.46. The van der Waals surface area contributed by atoms with Crippen molar-refractivity contribution in [3.05, 3.63) is 181 Å². The molecule has 10 N–H and O–H groups in total. The molecule has 0 radical (unpaired) electrons. The topological polar surface area (TPSA) is 270 Å². The summed E-state index contributed by atoms with van der Waals surface area (Å²) in [4.78, 5) is 40.5. The fourth-order valence-corrected chi connectivity index (χ4v) is 7.01. The molecule has 0 saturated carbocycles. The molecule has 0 aliphatic heterocycles. The van der Waals surface area contributed by atoms with E-state index < -0.39 is 23.4 Å². The first-order valence-corrected chi connectivity index (χ1v) is 17.9. The van der Waals surface area contributed by atoms with Crippen molar-refractivity contribution in [3.63, 3.8) is 0 Å². The molecule has 0 aliphatic rings. The normalized spacial score (nSPS) is 10.2. The number of rotatable bonds is 4. The molecule has 6 aromatic carbocycles. The maximum atomic E-state index is 12.9. The number of fused-ring (bicyclic) bond motifs is 8. The number of carbonyl (C=O) groups is 2. The van der Waals surface area contributed by atoms with E-state index in [0.29, 0.717) is 21.5 Å².